The highest BCUT2D eigenvalue weighted by molar-refractivity contribution is 7.88. The largest absolute Gasteiger partial charge is 0.375 e. The van der Waals surface area contributed by atoms with E-state index in [4.69, 9.17) is 4.74 Å². The fourth-order valence-corrected chi connectivity index (χ4v) is 5.12. The summed E-state index contributed by atoms with van der Waals surface area (Å²) < 4.78 is 31.4. The fourth-order valence-electron chi connectivity index (χ4n) is 3.38. The van der Waals surface area contributed by atoms with Crippen LogP contribution in [0.2, 0.25) is 0 Å². The van der Waals surface area contributed by atoms with E-state index in [1.54, 1.807) is 15.6 Å². The van der Waals surface area contributed by atoms with E-state index in [2.05, 4.69) is 15.3 Å². The molecule has 0 saturated carbocycles. The van der Waals surface area contributed by atoms with E-state index in [9.17, 15) is 8.42 Å². The minimum Gasteiger partial charge on any atom is -0.375 e. The van der Waals surface area contributed by atoms with E-state index < -0.39 is 10.0 Å². The maximum atomic E-state index is 12.0. The lowest BCUT2D eigenvalue weighted by Gasteiger charge is -2.38. The van der Waals surface area contributed by atoms with Crippen molar-refractivity contribution < 1.29 is 13.2 Å². The van der Waals surface area contributed by atoms with Gasteiger partial charge >= 0.3 is 0 Å². The van der Waals surface area contributed by atoms with Gasteiger partial charge in [0.2, 0.25) is 10.0 Å². The topological polar surface area (TPSA) is 62.7 Å². The van der Waals surface area contributed by atoms with Crippen molar-refractivity contribution in [2.75, 3.05) is 32.5 Å². The second kappa shape index (κ2) is 6.52. The summed E-state index contributed by atoms with van der Waals surface area (Å²) in [7, 11) is -3.16. The van der Waals surface area contributed by atoms with E-state index in [1.807, 2.05) is 6.92 Å². The summed E-state index contributed by atoms with van der Waals surface area (Å²) in [4.78, 5) is 6.88. The van der Waals surface area contributed by atoms with Gasteiger partial charge in [0, 0.05) is 31.6 Å². The molecule has 0 unspecified atom stereocenters. The summed E-state index contributed by atoms with van der Waals surface area (Å²) in [5.74, 6) is 0. The third-order valence-corrected chi connectivity index (χ3v) is 6.52. The van der Waals surface area contributed by atoms with Gasteiger partial charge in [0.05, 0.1) is 35.7 Å². The van der Waals surface area contributed by atoms with Gasteiger partial charge in [-0.05, 0) is 19.8 Å². The normalized spacial score (nSPS) is 28.3. The van der Waals surface area contributed by atoms with E-state index in [0.717, 1.165) is 43.2 Å². The number of fused-ring (bicyclic) bond motifs is 1. The number of rotatable bonds is 3. The zero-order chi connectivity index (χ0) is 15.7. The zero-order valence-electron chi connectivity index (χ0n) is 13.1. The van der Waals surface area contributed by atoms with Crippen LogP contribution in [0.1, 0.15) is 23.5 Å². The van der Waals surface area contributed by atoms with Gasteiger partial charge < -0.3 is 4.74 Å². The molecule has 0 amide bonds. The molecule has 0 bridgehead atoms. The van der Waals surface area contributed by atoms with E-state index in [1.165, 1.54) is 6.26 Å². The first-order chi connectivity index (χ1) is 10.4. The number of hydrogen-bond donors (Lipinski definition) is 0. The van der Waals surface area contributed by atoms with Gasteiger partial charge in [-0.15, -0.1) is 11.3 Å². The molecule has 2 fully saturated rings. The van der Waals surface area contributed by atoms with E-state index in [-0.39, 0.29) is 12.1 Å². The van der Waals surface area contributed by atoms with Gasteiger partial charge in [-0.1, -0.05) is 0 Å². The number of aryl methyl sites for hydroxylation is 1. The molecule has 0 radical (unpaired) electrons. The lowest BCUT2D eigenvalue weighted by Crippen LogP contribution is -2.53. The fraction of sp³-hybridized carbons (Fsp3) is 0.786. The molecule has 2 atom stereocenters. The second-order valence-corrected chi connectivity index (χ2v) is 9.06. The number of likely N-dealkylation sites (tertiary alicyclic amines) is 1. The van der Waals surface area contributed by atoms with Crippen LogP contribution in [0.5, 0.6) is 0 Å². The summed E-state index contributed by atoms with van der Waals surface area (Å²) in [6.45, 7) is 5.64. The third kappa shape index (κ3) is 3.68. The second-order valence-electron chi connectivity index (χ2n) is 6.06. The third-order valence-electron chi connectivity index (χ3n) is 4.39. The smallest absolute Gasteiger partial charge is 0.211 e. The van der Waals surface area contributed by atoms with Crippen molar-refractivity contribution in [3.63, 3.8) is 0 Å². The Morgan fingerprint density at radius 1 is 1.36 bits per heavy atom. The molecule has 6 nitrogen and oxygen atoms in total. The zero-order valence-corrected chi connectivity index (χ0v) is 14.7. The number of hydrogen-bond acceptors (Lipinski definition) is 6. The molecule has 2 aliphatic heterocycles. The van der Waals surface area contributed by atoms with E-state index in [0.29, 0.717) is 13.2 Å². The number of aromatic nitrogens is 1. The van der Waals surface area contributed by atoms with Crippen molar-refractivity contribution in [1.29, 1.82) is 0 Å². The van der Waals surface area contributed by atoms with Crippen LogP contribution in [0.25, 0.3) is 0 Å². The number of nitrogens with zero attached hydrogens (tertiary/aromatic N) is 3. The number of morpholine rings is 1. The first-order valence-electron chi connectivity index (χ1n) is 7.65. The highest BCUT2D eigenvalue weighted by atomic mass is 32.2. The lowest BCUT2D eigenvalue weighted by molar-refractivity contribution is -0.0407. The van der Waals surface area contributed by atoms with Crippen LogP contribution >= 0.6 is 11.3 Å². The summed E-state index contributed by atoms with van der Waals surface area (Å²) in [6, 6.07) is -0.0223. The molecule has 0 N–H and O–H groups in total. The molecule has 124 valence electrons. The van der Waals surface area contributed by atoms with E-state index >= 15 is 0 Å². The Morgan fingerprint density at radius 3 is 2.82 bits per heavy atom. The quantitative estimate of drug-likeness (QED) is 0.820. The maximum absolute atomic E-state index is 12.0. The predicted molar refractivity (Wildman–Crippen MR) is 86.4 cm³/mol. The van der Waals surface area contributed by atoms with Gasteiger partial charge in [0.1, 0.15) is 0 Å². The predicted octanol–water partition coefficient (Wildman–Crippen LogP) is 1.08. The maximum Gasteiger partial charge on any atom is 0.211 e. The summed E-state index contributed by atoms with van der Waals surface area (Å²) >= 11 is 1.67. The Bertz CT molecular complexity index is 617. The Hall–Kier alpha value is -0.540. The van der Waals surface area contributed by atoms with Gasteiger partial charge in [-0.3, -0.25) is 4.90 Å². The molecule has 3 rings (SSSR count). The van der Waals surface area contributed by atoms with Crippen LogP contribution in [-0.2, 0) is 21.3 Å². The molecular formula is C14H23N3O3S2. The average Bonchev–Trinajstić information content (AvgIpc) is 2.74. The first kappa shape index (κ1) is 16.3. The van der Waals surface area contributed by atoms with Crippen LogP contribution in [0.15, 0.2) is 5.38 Å². The molecule has 1 aromatic heterocycles. The molecule has 0 spiro atoms. The van der Waals surface area contributed by atoms with Gasteiger partial charge in [-0.25, -0.2) is 13.4 Å². The van der Waals surface area contributed by atoms with Crippen molar-refractivity contribution in [2.45, 2.75) is 38.5 Å². The highest BCUT2D eigenvalue weighted by Crippen LogP contribution is 2.26. The number of ether oxygens (including phenoxy) is 1. The molecule has 8 heteroatoms. The Kier molecular flexibility index (Phi) is 4.84. The van der Waals surface area contributed by atoms with Crippen molar-refractivity contribution in [3.05, 3.63) is 16.1 Å². The average molecular weight is 345 g/mol. The Morgan fingerprint density at radius 2 is 2.14 bits per heavy atom. The molecule has 0 aromatic carbocycles. The van der Waals surface area contributed by atoms with Gasteiger partial charge in [0.15, 0.2) is 0 Å². The van der Waals surface area contributed by atoms with Crippen molar-refractivity contribution in [2.24, 2.45) is 0 Å². The SMILES string of the molecule is Cc1nc(CN2CC[C@@H]3[C@@H](CC2)OCCN3S(C)(=O)=O)cs1. The Labute approximate surface area is 136 Å². The lowest BCUT2D eigenvalue weighted by atomic mass is 10.0. The van der Waals surface area contributed by atoms with Crippen LogP contribution in [-0.4, -0.2) is 67.2 Å². The molecule has 0 aliphatic carbocycles. The van der Waals surface area contributed by atoms with Crippen molar-refractivity contribution >= 4 is 21.4 Å². The van der Waals surface area contributed by atoms with Crippen LogP contribution in [0.3, 0.4) is 0 Å². The molecule has 3 heterocycles. The molecular weight excluding hydrogens is 322 g/mol. The van der Waals surface area contributed by atoms with Crippen LogP contribution in [0.4, 0.5) is 0 Å². The summed E-state index contributed by atoms with van der Waals surface area (Å²) in [6.07, 6.45) is 3.02. The molecule has 2 aliphatic rings. The molecule has 1 aromatic rings. The highest BCUT2D eigenvalue weighted by Gasteiger charge is 2.38. The molecule has 2 saturated heterocycles. The van der Waals surface area contributed by atoms with Crippen LogP contribution < -0.4 is 0 Å². The van der Waals surface area contributed by atoms with Crippen molar-refractivity contribution in [1.82, 2.24) is 14.2 Å². The molecule has 22 heavy (non-hydrogen) atoms. The summed E-state index contributed by atoms with van der Waals surface area (Å²) in [5.41, 5.74) is 1.10. The first-order valence-corrected chi connectivity index (χ1v) is 10.4. The Balaban J connectivity index is 1.68. The van der Waals surface area contributed by atoms with Gasteiger partial charge in [0.25, 0.3) is 0 Å². The number of sulfonamides is 1. The van der Waals surface area contributed by atoms with Crippen LogP contribution in [0, 0.1) is 6.92 Å². The number of thiazole rings is 1. The monoisotopic (exact) mass is 345 g/mol. The minimum absolute atomic E-state index is 0.0191. The minimum atomic E-state index is -3.16. The van der Waals surface area contributed by atoms with Gasteiger partial charge in [-0.2, -0.15) is 4.31 Å². The summed E-state index contributed by atoms with van der Waals surface area (Å²) in [5, 5.41) is 3.19. The standard InChI is InChI=1S/C14H23N3O3S2/c1-11-15-12(10-21-11)9-16-5-3-13-14(4-6-16)20-8-7-17(13)22(2,18)19/h10,13-14H,3-9H2,1-2H3/t13-,14-/m1/s1. The van der Waals surface area contributed by atoms with Crippen molar-refractivity contribution in [3.8, 4) is 0 Å².